The third kappa shape index (κ3) is 2.77. The van der Waals surface area contributed by atoms with Crippen molar-refractivity contribution in [3.63, 3.8) is 0 Å². The van der Waals surface area contributed by atoms with Gasteiger partial charge in [0.2, 0.25) is 0 Å². The first-order valence-electron chi connectivity index (χ1n) is 5.85. The zero-order chi connectivity index (χ0) is 12.4. The van der Waals surface area contributed by atoms with E-state index in [-0.39, 0.29) is 7.43 Å². The average molecular weight is 242 g/mol. The molecule has 2 heteroatoms. The lowest BCUT2D eigenvalue weighted by Crippen LogP contribution is -1.97. The highest BCUT2D eigenvalue weighted by molar-refractivity contribution is 5.63. The standard InChI is InChI=1S/C15H18N2.CH4/c1-10-6-14(7-11(2)12(10)3)15-8-13(9-16)4-5-17-15;/h4-8H,9,16H2,1-3H3;1H4. The van der Waals surface area contributed by atoms with Crippen molar-refractivity contribution < 1.29 is 0 Å². The van der Waals surface area contributed by atoms with Crippen molar-refractivity contribution in [2.24, 2.45) is 5.73 Å². The lowest BCUT2D eigenvalue weighted by Gasteiger charge is -2.09. The zero-order valence-corrected chi connectivity index (χ0v) is 10.6. The Labute approximate surface area is 110 Å². The minimum atomic E-state index is 0. The number of benzene rings is 1. The van der Waals surface area contributed by atoms with Gasteiger partial charge in [-0.2, -0.15) is 0 Å². The Morgan fingerprint density at radius 2 is 1.67 bits per heavy atom. The summed E-state index contributed by atoms with van der Waals surface area (Å²) in [6.45, 7) is 6.98. The van der Waals surface area contributed by atoms with Crippen LogP contribution in [0.15, 0.2) is 30.5 Å². The van der Waals surface area contributed by atoms with Crippen molar-refractivity contribution in [2.45, 2.75) is 34.7 Å². The fraction of sp³-hybridized carbons (Fsp3) is 0.312. The van der Waals surface area contributed by atoms with E-state index in [1.165, 1.54) is 22.3 Å². The number of hydrogen-bond donors (Lipinski definition) is 1. The number of aromatic nitrogens is 1. The highest BCUT2D eigenvalue weighted by Gasteiger charge is 2.04. The maximum atomic E-state index is 5.65. The first-order chi connectivity index (χ1) is 8.11. The molecule has 2 N–H and O–H groups in total. The molecule has 0 fully saturated rings. The lowest BCUT2D eigenvalue weighted by atomic mass is 9.98. The molecule has 0 saturated heterocycles. The van der Waals surface area contributed by atoms with Crippen molar-refractivity contribution in [3.8, 4) is 11.3 Å². The SMILES string of the molecule is C.Cc1cc(-c2cc(CN)ccn2)cc(C)c1C. The van der Waals surface area contributed by atoms with E-state index in [4.69, 9.17) is 5.73 Å². The van der Waals surface area contributed by atoms with Gasteiger partial charge in [-0.1, -0.05) is 7.43 Å². The third-order valence-corrected chi connectivity index (χ3v) is 3.28. The molecule has 0 spiro atoms. The molecule has 0 atom stereocenters. The van der Waals surface area contributed by atoms with Gasteiger partial charge in [0, 0.05) is 18.3 Å². The maximum absolute atomic E-state index is 5.65. The van der Waals surface area contributed by atoms with Crippen LogP contribution in [-0.4, -0.2) is 4.98 Å². The van der Waals surface area contributed by atoms with Crippen molar-refractivity contribution in [3.05, 3.63) is 52.7 Å². The first kappa shape index (κ1) is 14.4. The smallest absolute Gasteiger partial charge is 0.0705 e. The van der Waals surface area contributed by atoms with Gasteiger partial charge in [0.25, 0.3) is 0 Å². The first-order valence-corrected chi connectivity index (χ1v) is 5.85. The molecule has 0 amide bonds. The van der Waals surface area contributed by atoms with Gasteiger partial charge in [-0.15, -0.1) is 0 Å². The minimum Gasteiger partial charge on any atom is -0.326 e. The molecular weight excluding hydrogens is 220 g/mol. The van der Waals surface area contributed by atoms with E-state index in [1.807, 2.05) is 12.3 Å². The normalized spacial score (nSPS) is 10.0. The minimum absolute atomic E-state index is 0. The average Bonchev–Trinajstić information content (AvgIpc) is 2.35. The molecule has 0 radical (unpaired) electrons. The Balaban J connectivity index is 0.00000162. The molecule has 2 nitrogen and oxygen atoms in total. The number of rotatable bonds is 2. The molecule has 0 aliphatic heterocycles. The molecule has 0 aliphatic rings. The van der Waals surface area contributed by atoms with Crippen LogP contribution in [0.1, 0.15) is 29.7 Å². The zero-order valence-electron chi connectivity index (χ0n) is 10.6. The van der Waals surface area contributed by atoms with Crippen LogP contribution in [0, 0.1) is 20.8 Å². The van der Waals surface area contributed by atoms with Gasteiger partial charge in [0.15, 0.2) is 0 Å². The van der Waals surface area contributed by atoms with E-state index < -0.39 is 0 Å². The fourth-order valence-corrected chi connectivity index (χ4v) is 1.94. The summed E-state index contributed by atoms with van der Waals surface area (Å²) in [5.74, 6) is 0. The van der Waals surface area contributed by atoms with Crippen LogP contribution in [0.3, 0.4) is 0 Å². The number of nitrogens with two attached hydrogens (primary N) is 1. The summed E-state index contributed by atoms with van der Waals surface area (Å²) in [7, 11) is 0. The molecule has 18 heavy (non-hydrogen) atoms. The molecule has 1 aromatic carbocycles. The summed E-state index contributed by atoms with van der Waals surface area (Å²) in [6.07, 6.45) is 1.82. The van der Waals surface area contributed by atoms with Gasteiger partial charge >= 0.3 is 0 Å². The van der Waals surface area contributed by atoms with Crippen LogP contribution in [0.25, 0.3) is 11.3 Å². The molecule has 0 bridgehead atoms. The van der Waals surface area contributed by atoms with Crippen molar-refractivity contribution in [1.29, 1.82) is 0 Å². The Kier molecular flexibility index (Phi) is 4.62. The van der Waals surface area contributed by atoms with E-state index >= 15 is 0 Å². The van der Waals surface area contributed by atoms with Gasteiger partial charge < -0.3 is 5.73 Å². The van der Waals surface area contributed by atoms with Gasteiger partial charge in [-0.25, -0.2) is 0 Å². The molecule has 2 rings (SSSR count). The summed E-state index contributed by atoms with van der Waals surface area (Å²) < 4.78 is 0. The van der Waals surface area contributed by atoms with E-state index in [2.05, 4.69) is 44.0 Å². The number of nitrogens with zero attached hydrogens (tertiary/aromatic N) is 1. The second-order valence-corrected chi connectivity index (χ2v) is 4.49. The predicted molar refractivity (Wildman–Crippen MR) is 78.5 cm³/mol. The van der Waals surface area contributed by atoms with Crippen molar-refractivity contribution in [1.82, 2.24) is 4.98 Å². The van der Waals surface area contributed by atoms with E-state index in [1.54, 1.807) is 0 Å². The lowest BCUT2D eigenvalue weighted by molar-refractivity contribution is 1.06. The van der Waals surface area contributed by atoms with Gasteiger partial charge in [-0.3, -0.25) is 4.98 Å². The van der Waals surface area contributed by atoms with E-state index in [0.717, 1.165) is 11.3 Å². The summed E-state index contributed by atoms with van der Waals surface area (Å²) in [4.78, 5) is 4.41. The summed E-state index contributed by atoms with van der Waals surface area (Å²) in [6, 6.07) is 8.39. The molecule has 96 valence electrons. The second kappa shape index (κ2) is 5.78. The highest BCUT2D eigenvalue weighted by Crippen LogP contribution is 2.23. The monoisotopic (exact) mass is 242 g/mol. The highest BCUT2D eigenvalue weighted by atomic mass is 14.7. The Bertz CT molecular complexity index is 522. The molecule has 1 aromatic heterocycles. The van der Waals surface area contributed by atoms with Crippen molar-refractivity contribution in [2.75, 3.05) is 0 Å². The van der Waals surface area contributed by atoms with Crippen LogP contribution in [0.4, 0.5) is 0 Å². The Morgan fingerprint density at radius 1 is 1.06 bits per heavy atom. The van der Waals surface area contributed by atoms with E-state index in [9.17, 15) is 0 Å². The van der Waals surface area contributed by atoms with Gasteiger partial charge in [0.05, 0.1) is 5.69 Å². The largest absolute Gasteiger partial charge is 0.326 e. The summed E-state index contributed by atoms with van der Waals surface area (Å²) in [5.41, 5.74) is 12.9. The summed E-state index contributed by atoms with van der Waals surface area (Å²) in [5, 5.41) is 0. The van der Waals surface area contributed by atoms with Crippen LogP contribution in [0.2, 0.25) is 0 Å². The van der Waals surface area contributed by atoms with Crippen molar-refractivity contribution >= 4 is 0 Å². The van der Waals surface area contributed by atoms with Gasteiger partial charge in [-0.05, 0) is 67.3 Å². The Hall–Kier alpha value is -1.67. The molecular formula is C16H22N2. The van der Waals surface area contributed by atoms with Crippen LogP contribution >= 0.6 is 0 Å². The molecule has 1 heterocycles. The number of pyridine rings is 1. The van der Waals surface area contributed by atoms with Crippen LogP contribution in [0.5, 0.6) is 0 Å². The quantitative estimate of drug-likeness (QED) is 0.870. The topological polar surface area (TPSA) is 38.9 Å². The predicted octanol–water partition coefficient (Wildman–Crippen LogP) is 3.77. The molecule has 0 aliphatic carbocycles. The Morgan fingerprint density at radius 3 is 2.22 bits per heavy atom. The fourth-order valence-electron chi connectivity index (χ4n) is 1.94. The van der Waals surface area contributed by atoms with Crippen LogP contribution in [-0.2, 0) is 6.54 Å². The summed E-state index contributed by atoms with van der Waals surface area (Å²) >= 11 is 0. The number of aryl methyl sites for hydroxylation is 2. The molecule has 2 aromatic rings. The van der Waals surface area contributed by atoms with Crippen LogP contribution < -0.4 is 5.73 Å². The number of hydrogen-bond acceptors (Lipinski definition) is 2. The second-order valence-electron chi connectivity index (χ2n) is 4.49. The maximum Gasteiger partial charge on any atom is 0.0705 e. The third-order valence-electron chi connectivity index (χ3n) is 3.28. The molecule has 0 saturated carbocycles. The molecule has 0 unspecified atom stereocenters. The van der Waals surface area contributed by atoms with Gasteiger partial charge in [0.1, 0.15) is 0 Å². The van der Waals surface area contributed by atoms with E-state index in [0.29, 0.717) is 6.54 Å².